The third-order valence-corrected chi connectivity index (χ3v) is 3.40. The van der Waals surface area contributed by atoms with E-state index in [2.05, 4.69) is 18.4 Å². The molecule has 0 aliphatic heterocycles. The predicted molar refractivity (Wildman–Crippen MR) is 64.9 cm³/mol. The van der Waals surface area contributed by atoms with Crippen LogP contribution in [0.4, 0.5) is 0 Å². The number of hydrogen-bond donors (Lipinski definition) is 1. The maximum Gasteiger partial charge on any atom is 0.337 e. The topological polar surface area (TPSA) is 42.2 Å². The van der Waals surface area contributed by atoms with Gasteiger partial charge in [0.05, 0.1) is 5.56 Å². The van der Waals surface area contributed by atoms with Crippen molar-refractivity contribution in [3.63, 3.8) is 0 Å². The number of rotatable bonds is 5. The monoisotopic (exact) mass is 223 g/mol. The number of hydrogen-bond acceptors (Lipinski definition) is 1. The van der Waals surface area contributed by atoms with Crippen LogP contribution in [0.15, 0.2) is 6.07 Å². The Hall–Kier alpha value is -1.25. The van der Waals surface area contributed by atoms with Crippen LogP contribution in [-0.4, -0.2) is 15.6 Å². The molecule has 0 radical (unpaired) electrons. The quantitative estimate of drug-likeness (QED) is 0.832. The van der Waals surface area contributed by atoms with Crippen molar-refractivity contribution in [2.24, 2.45) is 5.92 Å². The maximum absolute atomic E-state index is 11.0. The lowest BCUT2D eigenvalue weighted by Gasteiger charge is -2.16. The number of aryl methyl sites for hydroxylation is 1. The van der Waals surface area contributed by atoms with Crippen LogP contribution in [0.5, 0.6) is 0 Å². The fraction of sp³-hybridized carbons (Fsp3) is 0.615. The molecule has 0 aliphatic carbocycles. The van der Waals surface area contributed by atoms with Gasteiger partial charge in [-0.1, -0.05) is 26.7 Å². The Balaban J connectivity index is 3.00. The van der Waals surface area contributed by atoms with Gasteiger partial charge in [0.1, 0.15) is 0 Å². The molecule has 0 aliphatic rings. The van der Waals surface area contributed by atoms with E-state index in [1.165, 1.54) is 0 Å². The molecule has 1 aromatic heterocycles. The third-order valence-electron chi connectivity index (χ3n) is 3.40. The van der Waals surface area contributed by atoms with E-state index in [1.807, 2.05) is 13.8 Å². The minimum atomic E-state index is -0.830. The van der Waals surface area contributed by atoms with E-state index in [0.29, 0.717) is 11.5 Å². The van der Waals surface area contributed by atoms with Gasteiger partial charge >= 0.3 is 5.97 Å². The number of carboxylic acids is 1. The van der Waals surface area contributed by atoms with Crippen molar-refractivity contribution < 1.29 is 9.90 Å². The molecule has 0 atom stereocenters. The van der Waals surface area contributed by atoms with Gasteiger partial charge in [0.2, 0.25) is 0 Å². The first-order valence-electron chi connectivity index (χ1n) is 5.91. The van der Waals surface area contributed by atoms with E-state index in [1.54, 1.807) is 6.07 Å². The second kappa shape index (κ2) is 5.19. The van der Waals surface area contributed by atoms with Gasteiger partial charge in [0.15, 0.2) is 0 Å². The Morgan fingerprint density at radius 3 is 2.31 bits per heavy atom. The van der Waals surface area contributed by atoms with Crippen molar-refractivity contribution in [3.8, 4) is 0 Å². The number of carboxylic acid groups (broad SMARTS) is 1. The van der Waals surface area contributed by atoms with Crippen LogP contribution < -0.4 is 0 Å². The molecule has 1 N–H and O–H groups in total. The molecule has 1 aromatic rings. The molecule has 0 bridgehead atoms. The largest absolute Gasteiger partial charge is 0.478 e. The lowest BCUT2D eigenvalue weighted by molar-refractivity contribution is 0.0696. The van der Waals surface area contributed by atoms with E-state index >= 15 is 0 Å². The minimum Gasteiger partial charge on any atom is -0.478 e. The van der Waals surface area contributed by atoms with Crippen LogP contribution >= 0.6 is 0 Å². The van der Waals surface area contributed by atoms with Gasteiger partial charge in [-0.05, 0) is 25.8 Å². The van der Waals surface area contributed by atoms with Crippen molar-refractivity contribution >= 4 is 5.97 Å². The van der Waals surface area contributed by atoms with Gasteiger partial charge < -0.3 is 9.67 Å². The predicted octanol–water partition coefficient (Wildman–Crippen LogP) is 3.24. The molecule has 0 fully saturated rings. The highest BCUT2D eigenvalue weighted by Crippen LogP contribution is 2.19. The van der Waals surface area contributed by atoms with Crippen LogP contribution in [0, 0.1) is 19.8 Å². The summed E-state index contributed by atoms with van der Waals surface area (Å²) in [6, 6.07) is 1.76. The van der Waals surface area contributed by atoms with E-state index in [-0.39, 0.29) is 0 Å². The molecule has 90 valence electrons. The van der Waals surface area contributed by atoms with Crippen molar-refractivity contribution in [1.82, 2.24) is 4.57 Å². The van der Waals surface area contributed by atoms with Crippen LogP contribution in [0.1, 0.15) is 48.4 Å². The van der Waals surface area contributed by atoms with E-state index in [4.69, 9.17) is 5.11 Å². The lowest BCUT2D eigenvalue weighted by atomic mass is 10.0. The Morgan fingerprint density at radius 2 is 1.94 bits per heavy atom. The summed E-state index contributed by atoms with van der Waals surface area (Å²) in [5.74, 6) is -0.199. The molecule has 1 heterocycles. The summed E-state index contributed by atoms with van der Waals surface area (Å²) in [5, 5.41) is 9.04. The Labute approximate surface area is 97.1 Å². The Bertz CT molecular complexity index is 376. The molecule has 0 aromatic carbocycles. The fourth-order valence-corrected chi connectivity index (χ4v) is 2.10. The zero-order valence-corrected chi connectivity index (χ0v) is 10.6. The lowest BCUT2D eigenvalue weighted by Crippen LogP contribution is -2.12. The van der Waals surface area contributed by atoms with Crippen LogP contribution in [0.25, 0.3) is 0 Å². The van der Waals surface area contributed by atoms with Gasteiger partial charge in [0, 0.05) is 17.9 Å². The zero-order valence-electron chi connectivity index (χ0n) is 10.6. The van der Waals surface area contributed by atoms with Crippen molar-refractivity contribution in [2.75, 3.05) is 0 Å². The van der Waals surface area contributed by atoms with Crippen LogP contribution in [0.2, 0.25) is 0 Å². The second-order valence-electron chi connectivity index (χ2n) is 4.38. The van der Waals surface area contributed by atoms with E-state index < -0.39 is 5.97 Å². The number of aromatic carboxylic acids is 1. The molecule has 16 heavy (non-hydrogen) atoms. The average Bonchev–Trinajstić information content (AvgIpc) is 2.52. The molecule has 0 saturated carbocycles. The Kier molecular flexibility index (Phi) is 4.16. The number of carbonyl (C=O) groups is 1. The summed E-state index contributed by atoms with van der Waals surface area (Å²) in [5.41, 5.74) is 2.35. The summed E-state index contributed by atoms with van der Waals surface area (Å²) < 4.78 is 2.13. The van der Waals surface area contributed by atoms with Crippen LogP contribution in [0.3, 0.4) is 0 Å². The molecule has 3 heteroatoms. The molecule has 0 unspecified atom stereocenters. The second-order valence-corrected chi connectivity index (χ2v) is 4.38. The molecule has 0 spiro atoms. The summed E-state index contributed by atoms with van der Waals surface area (Å²) in [6.45, 7) is 9.15. The first-order chi connectivity index (χ1) is 7.51. The number of aromatic nitrogens is 1. The first-order valence-corrected chi connectivity index (χ1v) is 5.91. The molecular weight excluding hydrogens is 202 g/mol. The van der Waals surface area contributed by atoms with Gasteiger partial charge in [-0.2, -0.15) is 0 Å². The smallest absolute Gasteiger partial charge is 0.337 e. The normalized spacial score (nSPS) is 11.1. The molecule has 0 amide bonds. The highest BCUT2D eigenvalue weighted by Gasteiger charge is 2.16. The van der Waals surface area contributed by atoms with E-state index in [9.17, 15) is 4.79 Å². The van der Waals surface area contributed by atoms with Gasteiger partial charge in [-0.25, -0.2) is 4.79 Å². The van der Waals surface area contributed by atoms with Crippen molar-refractivity contribution in [1.29, 1.82) is 0 Å². The molecule has 0 saturated heterocycles. The molecular formula is C13H21NO2. The summed E-state index contributed by atoms with van der Waals surface area (Å²) in [6.07, 6.45) is 2.27. The number of nitrogens with zero attached hydrogens (tertiary/aromatic N) is 1. The summed E-state index contributed by atoms with van der Waals surface area (Å²) in [4.78, 5) is 11.0. The highest BCUT2D eigenvalue weighted by atomic mass is 16.4. The Morgan fingerprint density at radius 1 is 1.38 bits per heavy atom. The van der Waals surface area contributed by atoms with Gasteiger partial charge in [0.25, 0.3) is 0 Å². The first kappa shape index (κ1) is 12.8. The van der Waals surface area contributed by atoms with Gasteiger partial charge in [-0.15, -0.1) is 0 Å². The standard InChI is InChI=1S/C13H21NO2/c1-5-11(6-2)8-14-9(3)7-12(10(14)4)13(15)16/h7,11H,5-6,8H2,1-4H3,(H,15,16). The molecule has 1 rings (SSSR count). The highest BCUT2D eigenvalue weighted by molar-refractivity contribution is 5.89. The zero-order chi connectivity index (χ0) is 12.3. The van der Waals surface area contributed by atoms with Crippen molar-refractivity contribution in [3.05, 3.63) is 23.0 Å². The summed E-state index contributed by atoms with van der Waals surface area (Å²) >= 11 is 0. The SMILES string of the molecule is CCC(CC)Cn1c(C)cc(C(=O)O)c1C. The third kappa shape index (κ3) is 2.46. The molecule has 3 nitrogen and oxygen atoms in total. The minimum absolute atomic E-state index is 0.434. The van der Waals surface area contributed by atoms with Crippen LogP contribution in [-0.2, 0) is 6.54 Å². The summed E-state index contributed by atoms with van der Waals surface area (Å²) in [7, 11) is 0. The fourth-order valence-electron chi connectivity index (χ4n) is 2.10. The average molecular weight is 223 g/mol. The van der Waals surface area contributed by atoms with Gasteiger partial charge in [-0.3, -0.25) is 0 Å². The van der Waals surface area contributed by atoms with E-state index in [0.717, 1.165) is 30.8 Å². The van der Waals surface area contributed by atoms with Crippen molar-refractivity contribution in [2.45, 2.75) is 47.1 Å². The maximum atomic E-state index is 11.0.